The molecule has 0 aromatic carbocycles. The number of primary amides is 1. The molecule has 51 heavy (non-hydrogen) atoms. The number of carbonyl (C=O) groups excluding carboxylic acids is 4. The maximum atomic E-state index is 14.3. The Balaban J connectivity index is 2.77. The Kier molecular flexibility index (Phi) is 18.0. The smallest absolute Gasteiger partial charge is 0.405 e. The van der Waals surface area contributed by atoms with Gasteiger partial charge in [0.05, 0.1) is 31.1 Å². The highest BCUT2D eigenvalue weighted by atomic mass is 16.6. The minimum absolute atomic E-state index is 0.0831. The van der Waals surface area contributed by atoms with E-state index in [0.717, 1.165) is 25.7 Å². The number of amides is 2. The molecule has 0 saturated heterocycles. The molecule has 284 valence electrons. The molecule has 2 bridgehead atoms. The van der Waals surface area contributed by atoms with Gasteiger partial charge in [-0.3, -0.25) is 19.4 Å². The Hall–Kier alpha value is -4.07. The standard InChI is InChI=1S/C38H58N4O9/c1-10-12-17-42(18-13-11-2)40-22-28-31-33(44)27(36(50-9)34(28)45)19-23(3)20-30(49-8)32(43)25(5)21-26(6)35(51-38(39)47)29(48-7)16-14-15-24(4)37(46)41-31/h14-16,21-23,25,29-30,32,35,43H,10-13,17-20H2,1-9H3,(H2,39,47)(H,41,46)/b16-14-,24-15+,26-21+,40-22+/t23?,25-,29-,30?,32+,35-/m1/s1. The van der Waals surface area contributed by atoms with Gasteiger partial charge < -0.3 is 35.1 Å². The molecular formula is C38H58N4O9. The summed E-state index contributed by atoms with van der Waals surface area (Å²) in [5.41, 5.74) is 6.02. The first-order valence-corrected chi connectivity index (χ1v) is 17.7. The van der Waals surface area contributed by atoms with Crippen molar-refractivity contribution in [3.8, 4) is 0 Å². The fourth-order valence-electron chi connectivity index (χ4n) is 6.04. The quantitative estimate of drug-likeness (QED) is 0.111. The predicted molar refractivity (Wildman–Crippen MR) is 195 cm³/mol. The zero-order chi connectivity index (χ0) is 38.2. The number of hydrogen-bond acceptors (Lipinski definition) is 11. The fourth-order valence-corrected chi connectivity index (χ4v) is 6.04. The molecule has 1 aliphatic carbocycles. The molecule has 2 amide bonds. The molecule has 0 radical (unpaired) electrons. The van der Waals surface area contributed by atoms with E-state index < -0.39 is 53.9 Å². The fraction of sp³-hybridized carbons (Fsp3) is 0.605. The monoisotopic (exact) mass is 714 g/mol. The highest BCUT2D eigenvalue weighted by molar-refractivity contribution is 6.32. The molecule has 2 aliphatic rings. The second-order valence-corrected chi connectivity index (χ2v) is 13.2. The number of rotatable bonds is 12. The lowest BCUT2D eigenvalue weighted by atomic mass is 9.84. The zero-order valence-electron chi connectivity index (χ0n) is 31.7. The summed E-state index contributed by atoms with van der Waals surface area (Å²) in [5.74, 6) is -2.61. The molecular weight excluding hydrogens is 656 g/mol. The van der Waals surface area contributed by atoms with Crippen LogP contribution in [0.3, 0.4) is 0 Å². The molecule has 4 N–H and O–H groups in total. The second-order valence-electron chi connectivity index (χ2n) is 13.2. The van der Waals surface area contributed by atoms with E-state index in [9.17, 15) is 24.3 Å². The van der Waals surface area contributed by atoms with E-state index in [2.05, 4.69) is 24.3 Å². The van der Waals surface area contributed by atoms with Crippen LogP contribution < -0.4 is 11.1 Å². The number of allylic oxidation sites excluding steroid dienone is 4. The van der Waals surface area contributed by atoms with Crippen LogP contribution in [0.1, 0.15) is 80.1 Å². The van der Waals surface area contributed by atoms with Gasteiger partial charge in [-0.05, 0) is 51.0 Å². The zero-order valence-corrected chi connectivity index (χ0v) is 31.7. The van der Waals surface area contributed by atoms with Crippen molar-refractivity contribution in [3.05, 3.63) is 58.1 Å². The number of ether oxygens (including phenoxy) is 4. The summed E-state index contributed by atoms with van der Waals surface area (Å²) in [6.45, 7) is 12.5. The summed E-state index contributed by atoms with van der Waals surface area (Å²) in [6, 6.07) is 0. The molecule has 1 heterocycles. The first-order valence-electron chi connectivity index (χ1n) is 17.7. The first-order chi connectivity index (χ1) is 24.2. The summed E-state index contributed by atoms with van der Waals surface area (Å²) in [7, 11) is 4.26. The number of nitrogens with one attached hydrogen (secondary N) is 1. The largest absolute Gasteiger partial charge is 0.492 e. The summed E-state index contributed by atoms with van der Waals surface area (Å²) in [6.07, 6.45) is 7.45. The van der Waals surface area contributed by atoms with Gasteiger partial charge >= 0.3 is 6.09 Å². The van der Waals surface area contributed by atoms with Gasteiger partial charge in [0.1, 0.15) is 11.8 Å². The minimum Gasteiger partial charge on any atom is -0.492 e. The number of Topliss-reactive ketones (excluding diaryl/α,β-unsaturated/α-hetero) is 2. The van der Waals surface area contributed by atoms with E-state index in [1.807, 2.05) is 11.9 Å². The summed E-state index contributed by atoms with van der Waals surface area (Å²) >= 11 is 0. The van der Waals surface area contributed by atoms with Crippen molar-refractivity contribution in [2.45, 2.75) is 104 Å². The Bertz CT molecular complexity index is 1420. The number of aliphatic hydroxyl groups is 1. The first kappa shape index (κ1) is 43.1. The second kappa shape index (κ2) is 21.3. The highest BCUT2D eigenvalue weighted by Crippen LogP contribution is 2.31. The van der Waals surface area contributed by atoms with E-state index in [1.54, 1.807) is 39.0 Å². The van der Waals surface area contributed by atoms with Crippen LogP contribution in [0, 0.1) is 11.8 Å². The average Bonchev–Trinajstić information content (AvgIpc) is 3.09. The third-order valence-corrected chi connectivity index (χ3v) is 9.03. The normalized spacial score (nSPS) is 28.5. The average molecular weight is 715 g/mol. The van der Waals surface area contributed by atoms with Gasteiger partial charge in [0, 0.05) is 44.4 Å². The van der Waals surface area contributed by atoms with Crippen molar-refractivity contribution >= 4 is 29.8 Å². The number of unbranched alkanes of at least 4 members (excludes halogenated alkanes) is 2. The molecule has 0 fully saturated rings. The number of methoxy groups -OCH3 is 3. The molecule has 0 aromatic heterocycles. The van der Waals surface area contributed by atoms with Crippen molar-refractivity contribution < 1.29 is 43.2 Å². The van der Waals surface area contributed by atoms with Gasteiger partial charge in [0.2, 0.25) is 11.6 Å². The minimum atomic E-state index is -1.01. The number of fused-ring (bicyclic) bond motifs is 2. The van der Waals surface area contributed by atoms with Crippen LogP contribution in [-0.2, 0) is 33.3 Å². The lowest BCUT2D eigenvalue weighted by Crippen LogP contribution is -2.38. The Morgan fingerprint density at radius 1 is 1.06 bits per heavy atom. The van der Waals surface area contributed by atoms with Crippen LogP contribution in [0.5, 0.6) is 0 Å². The molecule has 2 rings (SSSR count). The molecule has 13 nitrogen and oxygen atoms in total. The SMILES string of the molecule is CCCCN(CCCC)/N=C/C1=C2NC(=O)/C(C)=C/C=C\[C@@H](OC)[C@H](OC(N)=O)/C(C)=C/[C@@H](C)[C@H](O)C(OC)CC(C)CC(=C(OC)C1=O)C2=O. The maximum Gasteiger partial charge on any atom is 0.405 e. The van der Waals surface area contributed by atoms with Gasteiger partial charge in [-0.1, -0.05) is 64.8 Å². The third kappa shape index (κ3) is 12.3. The van der Waals surface area contributed by atoms with Crippen molar-refractivity contribution in [1.29, 1.82) is 0 Å². The maximum absolute atomic E-state index is 14.3. The van der Waals surface area contributed by atoms with Crippen molar-refractivity contribution in [2.24, 2.45) is 22.7 Å². The highest BCUT2D eigenvalue weighted by Gasteiger charge is 2.38. The van der Waals surface area contributed by atoms with Crippen molar-refractivity contribution in [1.82, 2.24) is 10.3 Å². The third-order valence-electron chi connectivity index (χ3n) is 9.03. The van der Waals surface area contributed by atoms with Crippen LogP contribution in [0.2, 0.25) is 0 Å². The number of ketones is 2. The van der Waals surface area contributed by atoms with Crippen molar-refractivity contribution in [2.75, 3.05) is 34.4 Å². The van der Waals surface area contributed by atoms with Crippen LogP contribution in [0.25, 0.3) is 0 Å². The van der Waals surface area contributed by atoms with Crippen LogP contribution in [0.4, 0.5) is 4.79 Å². The number of nitrogens with two attached hydrogens (primary N) is 1. The van der Waals surface area contributed by atoms with Crippen LogP contribution in [0.15, 0.2) is 63.2 Å². The van der Waals surface area contributed by atoms with Gasteiger partial charge in [-0.2, -0.15) is 5.10 Å². The van der Waals surface area contributed by atoms with Crippen LogP contribution in [-0.4, -0.2) is 98.7 Å². The molecule has 13 heteroatoms. The Morgan fingerprint density at radius 3 is 2.25 bits per heavy atom. The van der Waals surface area contributed by atoms with Gasteiger partial charge in [-0.25, -0.2) is 4.79 Å². The molecule has 0 saturated carbocycles. The van der Waals surface area contributed by atoms with E-state index in [-0.39, 0.29) is 40.5 Å². The molecule has 1 aliphatic heterocycles. The van der Waals surface area contributed by atoms with E-state index in [1.165, 1.54) is 33.6 Å². The number of carbonyl (C=O) groups is 4. The predicted octanol–water partition coefficient (Wildman–Crippen LogP) is 4.67. The number of aliphatic hydroxyl groups excluding tert-OH is 1. The van der Waals surface area contributed by atoms with Gasteiger partial charge in [0.25, 0.3) is 5.91 Å². The topological polar surface area (TPSA) is 179 Å². The Morgan fingerprint density at radius 2 is 1.71 bits per heavy atom. The van der Waals surface area contributed by atoms with E-state index >= 15 is 0 Å². The molecule has 0 spiro atoms. The summed E-state index contributed by atoms with van der Waals surface area (Å²) < 4.78 is 22.3. The lowest BCUT2D eigenvalue weighted by molar-refractivity contribution is -0.121. The number of hydrazone groups is 1. The van der Waals surface area contributed by atoms with Crippen LogP contribution >= 0.6 is 0 Å². The Labute approximate surface area is 302 Å². The number of hydrogen-bond donors (Lipinski definition) is 3. The van der Waals surface area contributed by atoms with E-state index in [4.69, 9.17) is 24.7 Å². The summed E-state index contributed by atoms with van der Waals surface area (Å²) in [5, 5.41) is 20.5. The molecule has 0 aromatic rings. The van der Waals surface area contributed by atoms with E-state index in [0.29, 0.717) is 25.1 Å². The lowest BCUT2D eigenvalue weighted by Gasteiger charge is -2.30. The van der Waals surface area contributed by atoms with Gasteiger partial charge in [0.15, 0.2) is 11.9 Å². The van der Waals surface area contributed by atoms with Crippen molar-refractivity contribution in [3.63, 3.8) is 0 Å². The molecule has 2 unspecified atom stereocenters. The number of nitrogens with zero attached hydrogens (tertiary/aromatic N) is 2. The summed E-state index contributed by atoms with van der Waals surface area (Å²) in [4.78, 5) is 53.7. The molecule has 6 atom stereocenters. The van der Waals surface area contributed by atoms with Gasteiger partial charge in [-0.15, -0.1) is 0 Å².